The van der Waals surface area contributed by atoms with Gasteiger partial charge in [0.25, 0.3) is 0 Å². The molecule has 1 aliphatic rings. The summed E-state index contributed by atoms with van der Waals surface area (Å²) in [6.45, 7) is 8.03. The third-order valence-electron chi connectivity index (χ3n) is 2.97. The van der Waals surface area contributed by atoms with Gasteiger partial charge in [0.1, 0.15) is 0 Å². The summed E-state index contributed by atoms with van der Waals surface area (Å²) in [6, 6.07) is 0.739. The lowest BCUT2D eigenvalue weighted by molar-refractivity contribution is 0.458. The summed E-state index contributed by atoms with van der Waals surface area (Å²) in [5, 5.41) is 5.34. The third kappa shape index (κ3) is 4.58. The fourth-order valence-corrected chi connectivity index (χ4v) is 5.16. The molecule has 3 unspecified atom stereocenters. The summed E-state index contributed by atoms with van der Waals surface area (Å²) in [7, 11) is 0. The highest BCUT2D eigenvalue weighted by atomic mass is 32.2. The highest BCUT2D eigenvalue weighted by Gasteiger charge is 2.29. The lowest BCUT2D eigenvalue weighted by Gasteiger charge is -2.35. The number of hydrogen-bond donors (Lipinski definition) is 1. The first kappa shape index (κ1) is 13.7. The van der Waals surface area contributed by atoms with Crippen molar-refractivity contribution in [1.82, 2.24) is 5.32 Å². The molecule has 1 fully saturated rings. The van der Waals surface area contributed by atoms with Crippen LogP contribution in [0.5, 0.6) is 0 Å². The fourth-order valence-electron chi connectivity index (χ4n) is 2.16. The first-order chi connectivity index (χ1) is 7.29. The monoisotopic (exact) mass is 247 g/mol. The van der Waals surface area contributed by atoms with Gasteiger partial charge in [-0.1, -0.05) is 33.6 Å². The Hall–Kier alpha value is 0.660. The van der Waals surface area contributed by atoms with Gasteiger partial charge in [0.05, 0.1) is 0 Å². The molecule has 0 spiro atoms. The molecule has 0 aromatic carbocycles. The largest absolute Gasteiger partial charge is 0.313 e. The molecule has 0 aliphatic carbocycles. The van der Waals surface area contributed by atoms with Crippen LogP contribution < -0.4 is 5.32 Å². The van der Waals surface area contributed by atoms with Crippen LogP contribution in [0, 0.1) is 0 Å². The van der Waals surface area contributed by atoms with E-state index in [0.717, 1.165) is 23.1 Å². The van der Waals surface area contributed by atoms with Gasteiger partial charge in [0, 0.05) is 28.0 Å². The summed E-state index contributed by atoms with van der Waals surface area (Å²) in [4.78, 5) is 0. The van der Waals surface area contributed by atoms with Crippen molar-refractivity contribution in [2.75, 3.05) is 18.1 Å². The summed E-state index contributed by atoms with van der Waals surface area (Å²) >= 11 is 4.34. The molecule has 1 heterocycles. The second-order valence-corrected chi connectivity index (χ2v) is 6.99. The number of thioether (sulfide) groups is 2. The topological polar surface area (TPSA) is 12.0 Å². The van der Waals surface area contributed by atoms with Gasteiger partial charge in [-0.25, -0.2) is 0 Å². The second kappa shape index (κ2) is 7.86. The Morgan fingerprint density at radius 1 is 1.27 bits per heavy atom. The minimum absolute atomic E-state index is 0.739. The Morgan fingerprint density at radius 3 is 2.60 bits per heavy atom. The Balaban J connectivity index is 2.44. The Kier molecular flexibility index (Phi) is 7.19. The molecule has 1 nitrogen and oxygen atoms in total. The van der Waals surface area contributed by atoms with E-state index >= 15 is 0 Å². The van der Waals surface area contributed by atoms with E-state index < -0.39 is 0 Å². The number of rotatable bonds is 6. The van der Waals surface area contributed by atoms with E-state index in [1.165, 1.54) is 30.8 Å². The fraction of sp³-hybridized carbons (Fsp3) is 1.00. The van der Waals surface area contributed by atoms with Crippen molar-refractivity contribution < 1.29 is 0 Å². The van der Waals surface area contributed by atoms with Gasteiger partial charge in [-0.05, 0) is 13.0 Å². The minimum Gasteiger partial charge on any atom is -0.313 e. The molecule has 3 heteroatoms. The number of nitrogens with one attached hydrogen (secondary N) is 1. The van der Waals surface area contributed by atoms with Gasteiger partial charge in [-0.15, -0.1) is 0 Å². The first-order valence-corrected chi connectivity index (χ1v) is 8.35. The molecule has 15 heavy (non-hydrogen) atoms. The van der Waals surface area contributed by atoms with E-state index in [1.807, 2.05) is 0 Å². The van der Waals surface area contributed by atoms with Crippen molar-refractivity contribution in [1.29, 1.82) is 0 Å². The van der Waals surface area contributed by atoms with Crippen molar-refractivity contribution in [2.24, 2.45) is 0 Å². The van der Waals surface area contributed by atoms with Crippen LogP contribution in [0.1, 0.15) is 40.0 Å². The Morgan fingerprint density at radius 2 is 2.00 bits per heavy atom. The van der Waals surface area contributed by atoms with Crippen LogP contribution >= 0.6 is 23.5 Å². The van der Waals surface area contributed by atoms with Gasteiger partial charge in [-0.2, -0.15) is 23.5 Å². The molecular formula is C12H25NS2. The molecular weight excluding hydrogens is 222 g/mol. The molecule has 1 rings (SSSR count). The molecule has 0 saturated carbocycles. The van der Waals surface area contributed by atoms with Crippen molar-refractivity contribution in [3.8, 4) is 0 Å². The van der Waals surface area contributed by atoms with E-state index in [2.05, 4.69) is 49.6 Å². The quantitative estimate of drug-likeness (QED) is 0.773. The standard InChI is InChI=1S/C12H25NS2/c1-4-6-7-11(13-5-2)12-10(3)14-8-9-15-12/h10-13H,4-9H2,1-3H3. The lowest BCUT2D eigenvalue weighted by Crippen LogP contribution is -2.44. The van der Waals surface area contributed by atoms with Crippen molar-refractivity contribution in [2.45, 2.75) is 56.6 Å². The normalized spacial score (nSPS) is 29.0. The van der Waals surface area contributed by atoms with Crippen LogP contribution in [0.4, 0.5) is 0 Å². The summed E-state index contributed by atoms with van der Waals surface area (Å²) < 4.78 is 0. The van der Waals surface area contributed by atoms with Crippen molar-refractivity contribution >= 4 is 23.5 Å². The second-order valence-electron chi connectivity index (χ2n) is 4.22. The lowest BCUT2D eigenvalue weighted by atomic mass is 10.0. The van der Waals surface area contributed by atoms with Gasteiger partial charge in [-0.3, -0.25) is 0 Å². The number of hydrogen-bond acceptors (Lipinski definition) is 3. The molecule has 1 saturated heterocycles. The summed E-state index contributed by atoms with van der Waals surface area (Å²) in [5.74, 6) is 2.68. The van der Waals surface area contributed by atoms with Crippen LogP contribution in [0.15, 0.2) is 0 Å². The predicted octanol–water partition coefficient (Wildman–Crippen LogP) is 3.39. The first-order valence-electron chi connectivity index (χ1n) is 6.26. The van der Waals surface area contributed by atoms with Crippen LogP contribution in [0.25, 0.3) is 0 Å². The average molecular weight is 247 g/mol. The van der Waals surface area contributed by atoms with E-state index in [1.54, 1.807) is 0 Å². The van der Waals surface area contributed by atoms with E-state index in [-0.39, 0.29) is 0 Å². The molecule has 0 aromatic heterocycles. The zero-order valence-corrected chi connectivity index (χ0v) is 11.9. The van der Waals surface area contributed by atoms with Crippen LogP contribution in [0.3, 0.4) is 0 Å². The SMILES string of the molecule is CCCCC(NCC)C1SCCSC1C. The van der Waals surface area contributed by atoms with Crippen LogP contribution in [-0.4, -0.2) is 34.6 Å². The summed E-state index contributed by atoms with van der Waals surface area (Å²) in [5.41, 5.74) is 0. The van der Waals surface area contributed by atoms with E-state index in [0.29, 0.717) is 0 Å². The van der Waals surface area contributed by atoms with Crippen LogP contribution in [-0.2, 0) is 0 Å². The molecule has 0 amide bonds. The molecule has 0 bridgehead atoms. The average Bonchev–Trinajstić information content (AvgIpc) is 2.25. The predicted molar refractivity (Wildman–Crippen MR) is 75.2 cm³/mol. The Bertz CT molecular complexity index is 164. The molecule has 1 N–H and O–H groups in total. The zero-order chi connectivity index (χ0) is 11.1. The molecule has 0 radical (unpaired) electrons. The maximum Gasteiger partial charge on any atom is 0.0317 e. The van der Waals surface area contributed by atoms with E-state index in [9.17, 15) is 0 Å². The molecule has 0 aromatic rings. The highest BCUT2D eigenvalue weighted by molar-refractivity contribution is 8.07. The molecule has 90 valence electrons. The number of unbranched alkanes of at least 4 members (excludes halogenated alkanes) is 1. The van der Waals surface area contributed by atoms with Gasteiger partial charge >= 0.3 is 0 Å². The highest BCUT2D eigenvalue weighted by Crippen LogP contribution is 2.34. The van der Waals surface area contributed by atoms with Crippen molar-refractivity contribution in [3.05, 3.63) is 0 Å². The maximum absolute atomic E-state index is 3.68. The van der Waals surface area contributed by atoms with Crippen molar-refractivity contribution in [3.63, 3.8) is 0 Å². The third-order valence-corrected chi connectivity index (χ3v) is 6.22. The smallest absolute Gasteiger partial charge is 0.0317 e. The van der Waals surface area contributed by atoms with Gasteiger partial charge < -0.3 is 5.32 Å². The molecule has 1 aliphatic heterocycles. The molecule has 3 atom stereocenters. The maximum atomic E-state index is 3.68. The van der Waals surface area contributed by atoms with Gasteiger partial charge in [0.15, 0.2) is 0 Å². The minimum atomic E-state index is 0.739. The van der Waals surface area contributed by atoms with E-state index in [4.69, 9.17) is 0 Å². The Labute approximate surface area is 104 Å². The zero-order valence-electron chi connectivity index (χ0n) is 10.3. The van der Waals surface area contributed by atoms with Crippen LogP contribution in [0.2, 0.25) is 0 Å². The summed E-state index contributed by atoms with van der Waals surface area (Å²) in [6.07, 6.45) is 4.04. The van der Waals surface area contributed by atoms with Gasteiger partial charge in [0.2, 0.25) is 0 Å².